The number of carbonyl (C=O) groups is 1. The minimum atomic E-state index is -3.04. The Labute approximate surface area is 172 Å². The molecule has 2 fully saturated rings. The molecule has 11 heteroatoms. The third-order valence-corrected chi connectivity index (χ3v) is 7.85. The van der Waals surface area contributed by atoms with E-state index in [2.05, 4.69) is 10.2 Å². The molecule has 0 spiro atoms. The van der Waals surface area contributed by atoms with E-state index in [1.54, 1.807) is 29.2 Å². The van der Waals surface area contributed by atoms with Crippen LogP contribution in [-0.4, -0.2) is 63.4 Å². The molecule has 0 bridgehead atoms. The summed E-state index contributed by atoms with van der Waals surface area (Å²) in [5.41, 5.74) is 0.772. The van der Waals surface area contributed by atoms with Crippen molar-refractivity contribution in [2.75, 3.05) is 23.1 Å². The zero-order chi connectivity index (χ0) is 19.9. The lowest BCUT2D eigenvalue weighted by molar-refractivity contribution is -0.130. The van der Waals surface area contributed by atoms with E-state index >= 15 is 0 Å². The van der Waals surface area contributed by atoms with Crippen LogP contribution in [0, 0.1) is 0 Å². The van der Waals surface area contributed by atoms with E-state index < -0.39 is 9.84 Å². The van der Waals surface area contributed by atoms with Crippen molar-refractivity contribution >= 4 is 39.1 Å². The van der Waals surface area contributed by atoms with Gasteiger partial charge in [-0.1, -0.05) is 23.4 Å². The molecular weight excluding hydrogens is 422 g/mol. The summed E-state index contributed by atoms with van der Waals surface area (Å²) >= 11 is 7.11. The fourth-order valence-corrected chi connectivity index (χ4v) is 5.99. The van der Waals surface area contributed by atoms with Crippen molar-refractivity contribution in [3.8, 4) is 11.4 Å². The summed E-state index contributed by atoms with van der Waals surface area (Å²) in [5, 5.41) is 9.22. The molecule has 2 aliphatic rings. The number of thioether (sulfide) groups is 1. The van der Waals surface area contributed by atoms with E-state index in [1.807, 2.05) is 0 Å². The molecule has 1 aromatic carbocycles. The second-order valence-corrected chi connectivity index (χ2v) is 10.7. The maximum absolute atomic E-state index is 12.8. The van der Waals surface area contributed by atoms with Crippen molar-refractivity contribution in [3.63, 3.8) is 0 Å². The fourth-order valence-electron chi connectivity index (χ4n) is 3.42. The van der Waals surface area contributed by atoms with Crippen LogP contribution >= 0.6 is 23.4 Å². The van der Waals surface area contributed by atoms with E-state index in [-0.39, 0.29) is 35.2 Å². The number of nitrogens with two attached hydrogens (primary N) is 1. The van der Waals surface area contributed by atoms with Gasteiger partial charge in [-0.15, -0.1) is 10.2 Å². The highest BCUT2D eigenvalue weighted by molar-refractivity contribution is 7.99. The summed E-state index contributed by atoms with van der Waals surface area (Å²) in [6.45, 7) is 0. The quantitative estimate of drug-likeness (QED) is 0.535. The molecule has 2 N–H and O–H groups in total. The molecule has 1 saturated carbocycles. The predicted molar refractivity (Wildman–Crippen MR) is 108 cm³/mol. The molecule has 1 atom stereocenters. The van der Waals surface area contributed by atoms with Gasteiger partial charge in [0.2, 0.25) is 11.1 Å². The van der Waals surface area contributed by atoms with Crippen LogP contribution in [0.5, 0.6) is 0 Å². The van der Waals surface area contributed by atoms with E-state index in [0.717, 1.165) is 18.4 Å². The first kappa shape index (κ1) is 19.5. The summed E-state index contributed by atoms with van der Waals surface area (Å²) in [5.74, 6) is 6.86. The molecular formula is C17H20ClN5O3S2. The second kappa shape index (κ2) is 7.57. The van der Waals surface area contributed by atoms with Crippen molar-refractivity contribution in [1.82, 2.24) is 19.8 Å². The van der Waals surface area contributed by atoms with Crippen LogP contribution in [0.1, 0.15) is 19.3 Å². The number of halogens is 1. The number of benzene rings is 1. The summed E-state index contributed by atoms with van der Waals surface area (Å²) in [4.78, 5) is 14.6. The number of amides is 1. The van der Waals surface area contributed by atoms with Gasteiger partial charge in [0.05, 0.1) is 17.3 Å². The molecule has 2 heterocycles. The summed E-state index contributed by atoms with van der Waals surface area (Å²) < 4.78 is 25.0. The number of carbonyl (C=O) groups excluding carboxylic acids is 1. The van der Waals surface area contributed by atoms with Crippen LogP contribution in [0.3, 0.4) is 0 Å². The molecule has 1 aliphatic heterocycles. The molecule has 1 amide bonds. The molecule has 28 heavy (non-hydrogen) atoms. The van der Waals surface area contributed by atoms with Gasteiger partial charge in [0.15, 0.2) is 15.7 Å². The van der Waals surface area contributed by atoms with Gasteiger partial charge in [-0.25, -0.2) is 13.1 Å². The number of nitrogens with zero attached hydrogens (tertiary/aromatic N) is 4. The molecule has 2 aromatic rings. The Morgan fingerprint density at radius 1 is 1.21 bits per heavy atom. The molecule has 0 unspecified atom stereocenters. The Bertz CT molecular complexity index is 989. The first-order valence-corrected chi connectivity index (χ1v) is 12.1. The van der Waals surface area contributed by atoms with Crippen molar-refractivity contribution in [3.05, 3.63) is 29.3 Å². The Morgan fingerprint density at radius 2 is 1.93 bits per heavy atom. The Morgan fingerprint density at radius 3 is 2.54 bits per heavy atom. The van der Waals surface area contributed by atoms with Gasteiger partial charge >= 0.3 is 0 Å². The lowest BCUT2D eigenvalue weighted by Gasteiger charge is -2.28. The van der Waals surface area contributed by atoms with E-state index in [0.29, 0.717) is 22.4 Å². The maximum Gasteiger partial charge on any atom is 0.233 e. The fraction of sp³-hybridized carbons (Fsp3) is 0.471. The number of hydrogen-bond acceptors (Lipinski definition) is 7. The largest absolute Gasteiger partial charge is 0.335 e. The summed E-state index contributed by atoms with van der Waals surface area (Å²) in [7, 11) is -3.04. The van der Waals surface area contributed by atoms with E-state index in [9.17, 15) is 13.2 Å². The monoisotopic (exact) mass is 441 g/mol. The predicted octanol–water partition coefficient (Wildman–Crippen LogP) is 1.58. The molecule has 1 saturated heterocycles. The molecule has 1 aliphatic carbocycles. The minimum absolute atomic E-state index is 0.0632. The lowest BCUT2D eigenvalue weighted by Crippen LogP contribution is -2.43. The van der Waals surface area contributed by atoms with Gasteiger partial charge in [0, 0.05) is 22.7 Å². The second-order valence-electron chi connectivity index (χ2n) is 7.06. The van der Waals surface area contributed by atoms with Crippen LogP contribution in [0.25, 0.3) is 11.4 Å². The third-order valence-electron chi connectivity index (χ3n) is 4.92. The first-order chi connectivity index (χ1) is 13.3. The van der Waals surface area contributed by atoms with Crippen molar-refractivity contribution < 1.29 is 13.2 Å². The highest BCUT2D eigenvalue weighted by Gasteiger charge is 2.42. The highest BCUT2D eigenvalue weighted by Crippen LogP contribution is 2.33. The van der Waals surface area contributed by atoms with Gasteiger partial charge < -0.3 is 10.7 Å². The zero-order valence-corrected chi connectivity index (χ0v) is 17.4. The topological polar surface area (TPSA) is 111 Å². The number of nitrogen functional groups attached to an aromatic ring is 1. The smallest absolute Gasteiger partial charge is 0.233 e. The van der Waals surface area contributed by atoms with Crippen LogP contribution in [0.4, 0.5) is 0 Å². The van der Waals surface area contributed by atoms with Gasteiger partial charge in [-0.05, 0) is 43.5 Å². The lowest BCUT2D eigenvalue weighted by atomic mass is 10.2. The first-order valence-electron chi connectivity index (χ1n) is 8.95. The Hall–Kier alpha value is -1.78. The van der Waals surface area contributed by atoms with Crippen molar-refractivity contribution in [1.29, 1.82) is 0 Å². The summed E-state index contributed by atoms with van der Waals surface area (Å²) in [6.07, 6.45) is 2.38. The molecule has 0 radical (unpaired) electrons. The average Bonchev–Trinajstić information content (AvgIpc) is 3.32. The van der Waals surface area contributed by atoms with Gasteiger partial charge in [0.25, 0.3) is 0 Å². The number of aromatic nitrogens is 3. The molecule has 4 rings (SSSR count). The molecule has 1 aromatic heterocycles. The molecule has 8 nitrogen and oxygen atoms in total. The van der Waals surface area contributed by atoms with Gasteiger partial charge in [-0.2, -0.15) is 0 Å². The van der Waals surface area contributed by atoms with Crippen molar-refractivity contribution in [2.24, 2.45) is 0 Å². The van der Waals surface area contributed by atoms with Crippen LogP contribution in [-0.2, 0) is 14.6 Å². The summed E-state index contributed by atoms with van der Waals surface area (Å²) in [6, 6.07) is 7.02. The van der Waals surface area contributed by atoms with E-state index in [4.69, 9.17) is 17.4 Å². The van der Waals surface area contributed by atoms with Crippen LogP contribution < -0.4 is 5.84 Å². The number of sulfone groups is 1. The SMILES string of the molecule is Nn1c(SCC(=O)N(C2CC2)[C@H]2CCS(=O)(=O)C2)nnc1-c1ccc(Cl)cc1. The zero-order valence-electron chi connectivity index (χ0n) is 15.0. The van der Waals surface area contributed by atoms with Gasteiger partial charge in [-0.3, -0.25) is 4.79 Å². The normalized spacial score (nSPS) is 21.0. The Balaban J connectivity index is 1.44. The standard InChI is InChI=1S/C17H20ClN5O3S2/c18-12-3-1-11(2-4-12)16-20-21-17(23(16)19)27-9-15(24)22(13-5-6-13)14-7-8-28(25,26)10-14/h1-4,13-14H,5-10,19H2/t14-/m0/s1. The minimum Gasteiger partial charge on any atom is -0.335 e. The third kappa shape index (κ3) is 4.13. The maximum atomic E-state index is 12.8. The average molecular weight is 442 g/mol. The molecule has 150 valence electrons. The van der Waals surface area contributed by atoms with Gasteiger partial charge in [0.1, 0.15) is 0 Å². The number of hydrogen-bond donors (Lipinski definition) is 1. The van der Waals surface area contributed by atoms with Crippen LogP contribution in [0.15, 0.2) is 29.4 Å². The Kier molecular flexibility index (Phi) is 5.28. The number of rotatable bonds is 6. The van der Waals surface area contributed by atoms with Crippen molar-refractivity contribution in [2.45, 2.75) is 36.5 Å². The van der Waals surface area contributed by atoms with Crippen LogP contribution in [0.2, 0.25) is 5.02 Å². The van der Waals surface area contributed by atoms with E-state index in [1.165, 1.54) is 16.4 Å². The highest BCUT2D eigenvalue weighted by atomic mass is 35.5.